The van der Waals surface area contributed by atoms with Gasteiger partial charge in [0.15, 0.2) is 0 Å². The van der Waals surface area contributed by atoms with E-state index >= 15 is 0 Å². The molecule has 1 heterocycles. The van der Waals surface area contributed by atoms with Crippen molar-refractivity contribution in [3.05, 3.63) is 58.6 Å². The molecule has 5 heteroatoms. The second-order valence-corrected chi connectivity index (χ2v) is 7.96. The van der Waals surface area contributed by atoms with Gasteiger partial charge in [0, 0.05) is 23.6 Å². The van der Waals surface area contributed by atoms with Crippen molar-refractivity contribution in [2.24, 2.45) is 0 Å². The van der Waals surface area contributed by atoms with Gasteiger partial charge in [-0.25, -0.2) is 0 Å². The molecule has 0 bridgehead atoms. The molecule has 2 N–H and O–H groups in total. The Morgan fingerprint density at radius 3 is 2.72 bits per heavy atom. The zero-order chi connectivity index (χ0) is 17.6. The largest absolute Gasteiger partial charge is 0.396 e. The highest BCUT2D eigenvalue weighted by molar-refractivity contribution is 8.00. The molecule has 0 fully saturated rings. The number of unbranched alkanes of at least 4 members (excludes halogenated alkanes) is 3. The molecule has 1 aliphatic heterocycles. The molecule has 0 amide bonds. The van der Waals surface area contributed by atoms with Crippen LogP contribution in [0, 0.1) is 0 Å². The number of nitrogens with one attached hydrogen (secondary N) is 1. The Morgan fingerprint density at radius 1 is 1.08 bits per heavy atom. The van der Waals surface area contributed by atoms with Crippen LogP contribution < -0.4 is 9.62 Å². The minimum Gasteiger partial charge on any atom is -0.396 e. The number of fused-ring (bicyclic) bond motifs is 2. The number of rotatable bonds is 7. The second kappa shape index (κ2) is 8.95. The van der Waals surface area contributed by atoms with Gasteiger partial charge in [0.25, 0.3) is 0 Å². The van der Waals surface area contributed by atoms with Crippen molar-refractivity contribution in [2.75, 3.05) is 24.5 Å². The van der Waals surface area contributed by atoms with Crippen molar-refractivity contribution in [2.45, 2.75) is 36.6 Å². The van der Waals surface area contributed by atoms with Gasteiger partial charge in [0.05, 0.1) is 11.7 Å². The van der Waals surface area contributed by atoms with E-state index in [0.29, 0.717) is 6.61 Å². The highest BCUT2D eigenvalue weighted by Crippen LogP contribution is 2.43. The quantitative estimate of drug-likeness (QED) is 0.524. The maximum absolute atomic E-state index is 8.89. The molecule has 3 rings (SSSR count). The maximum atomic E-state index is 8.89. The van der Waals surface area contributed by atoms with Gasteiger partial charge in [-0.2, -0.15) is 0 Å². The highest BCUT2D eigenvalue weighted by atomic mass is 35.5. The van der Waals surface area contributed by atoms with Crippen LogP contribution in [-0.2, 0) is 0 Å². The van der Waals surface area contributed by atoms with Gasteiger partial charge in [-0.3, -0.25) is 0 Å². The van der Waals surface area contributed by atoms with Gasteiger partial charge < -0.3 is 14.7 Å². The number of anilines is 1. The summed E-state index contributed by atoms with van der Waals surface area (Å²) >= 11 is 7.96. The molecule has 0 saturated heterocycles. The number of aliphatic hydroxyl groups excluding tert-OH is 1. The lowest BCUT2D eigenvalue weighted by Crippen LogP contribution is -2.24. The summed E-state index contributed by atoms with van der Waals surface area (Å²) in [7, 11) is 2.10. The summed E-state index contributed by atoms with van der Waals surface area (Å²) in [6, 6.07) is 14.9. The third kappa shape index (κ3) is 4.50. The normalized spacial score (nSPS) is 16.3. The zero-order valence-electron chi connectivity index (χ0n) is 14.5. The monoisotopic (exact) mass is 376 g/mol. The van der Waals surface area contributed by atoms with Crippen LogP contribution in [-0.4, -0.2) is 25.3 Å². The number of nitrogens with zero attached hydrogens (tertiary/aromatic N) is 1. The Labute approximate surface area is 159 Å². The standard InChI is InChI=1S/C20H25ClN2OS/c1-23-18-9-5-4-8-16(18)20(22-12-6-2-3-7-13-24)17-11-10-15(21)14-19(17)25-23/h4-5,8-11,14,20,22,24H,2-3,6-7,12-13H2,1H3. The van der Waals surface area contributed by atoms with Gasteiger partial charge in [-0.1, -0.05) is 48.7 Å². The lowest BCUT2D eigenvalue weighted by Gasteiger charge is -2.22. The molecule has 0 aliphatic carbocycles. The fraction of sp³-hybridized carbons (Fsp3) is 0.400. The summed E-state index contributed by atoms with van der Waals surface area (Å²) in [5.41, 5.74) is 3.81. The predicted molar refractivity (Wildman–Crippen MR) is 108 cm³/mol. The van der Waals surface area contributed by atoms with Gasteiger partial charge in [0.2, 0.25) is 0 Å². The van der Waals surface area contributed by atoms with Crippen LogP contribution in [0.4, 0.5) is 5.69 Å². The molecule has 3 nitrogen and oxygen atoms in total. The maximum Gasteiger partial charge on any atom is 0.0609 e. The first-order chi connectivity index (χ1) is 12.2. The summed E-state index contributed by atoms with van der Waals surface area (Å²) in [5.74, 6) is 0. The van der Waals surface area contributed by atoms with Crippen molar-refractivity contribution in [1.29, 1.82) is 0 Å². The number of para-hydroxylation sites is 1. The highest BCUT2D eigenvalue weighted by Gasteiger charge is 2.26. The van der Waals surface area contributed by atoms with Crippen molar-refractivity contribution in [3.8, 4) is 0 Å². The second-order valence-electron chi connectivity index (χ2n) is 6.35. The average molecular weight is 377 g/mol. The summed E-state index contributed by atoms with van der Waals surface area (Å²) in [5, 5.41) is 13.4. The minimum atomic E-state index is 0.166. The van der Waals surface area contributed by atoms with Crippen LogP contribution in [0.2, 0.25) is 5.02 Å². The van der Waals surface area contributed by atoms with E-state index in [1.54, 1.807) is 11.9 Å². The van der Waals surface area contributed by atoms with Crippen molar-refractivity contribution >= 4 is 29.2 Å². The first-order valence-corrected chi connectivity index (χ1v) is 10.00. The Balaban J connectivity index is 1.83. The third-order valence-corrected chi connectivity index (χ3v) is 5.80. The lowest BCUT2D eigenvalue weighted by molar-refractivity contribution is 0.282. The third-order valence-electron chi connectivity index (χ3n) is 4.54. The molecule has 1 atom stereocenters. The summed E-state index contributed by atoms with van der Waals surface area (Å²) < 4.78 is 2.22. The van der Waals surface area contributed by atoms with Crippen molar-refractivity contribution in [1.82, 2.24) is 5.32 Å². The number of hydrogen-bond acceptors (Lipinski definition) is 4. The molecule has 0 saturated carbocycles. The number of aliphatic hydroxyl groups is 1. The molecule has 1 unspecified atom stereocenters. The van der Waals surface area contributed by atoms with Gasteiger partial charge in [0.1, 0.15) is 0 Å². The smallest absolute Gasteiger partial charge is 0.0609 e. The first kappa shape index (κ1) is 18.6. The van der Waals surface area contributed by atoms with Crippen LogP contribution >= 0.6 is 23.5 Å². The van der Waals surface area contributed by atoms with E-state index in [1.165, 1.54) is 21.7 Å². The summed E-state index contributed by atoms with van der Waals surface area (Å²) in [4.78, 5) is 1.20. The molecular weight excluding hydrogens is 352 g/mol. The topological polar surface area (TPSA) is 35.5 Å². The molecular formula is C20H25ClN2OS. The van der Waals surface area contributed by atoms with Gasteiger partial charge in [-0.15, -0.1) is 0 Å². The van der Waals surface area contributed by atoms with Crippen LogP contribution in [0.5, 0.6) is 0 Å². The van der Waals surface area contributed by atoms with E-state index in [-0.39, 0.29) is 6.04 Å². The van der Waals surface area contributed by atoms with E-state index in [1.807, 2.05) is 6.07 Å². The fourth-order valence-corrected chi connectivity index (χ4v) is 4.53. The Morgan fingerprint density at radius 2 is 1.88 bits per heavy atom. The van der Waals surface area contributed by atoms with E-state index in [9.17, 15) is 0 Å². The zero-order valence-corrected chi connectivity index (χ0v) is 16.1. The molecule has 1 aliphatic rings. The Kier molecular flexibility index (Phi) is 6.65. The van der Waals surface area contributed by atoms with E-state index in [2.05, 4.69) is 53.1 Å². The Bertz CT molecular complexity index is 710. The van der Waals surface area contributed by atoms with Gasteiger partial charge in [-0.05, 0) is 60.7 Å². The molecule has 0 aromatic heterocycles. The number of benzene rings is 2. The predicted octanol–water partition coefficient (Wildman–Crippen LogP) is 5.03. The van der Waals surface area contributed by atoms with Crippen LogP contribution in [0.15, 0.2) is 47.4 Å². The van der Waals surface area contributed by atoms with E-state index in [4.69, 9.17) is 16.7 Å². The van der Waals surface area contributed by atoms with E-state index < -0.39 is 0 Å². The summed E-state index contributed by atoms with van der Waals surface area (Å²) in [6.45, 7) is 1.25. The molecule has 2 aromatic carbocycles. The molecule has 0 radical (unpaired) electrons. The van der Waals surface area contributed by atoms with E-state index in [0.717, 1.165) is 37.3 Å². The Hall–Kier alpha value is -1.20. The minimum absolute atomic E-state index is 0.166. The van der Waals surface area contributed by atoms with Crippen LogP contribution in [0.1, 0.15) is 42.9 Å². The van der Waals surface area contributed by atoms with Crippen LogP contribution in [0.3, 0.4) is 0 Å². The first-order valence-electron chi connectivity index (χ1n) is 8.85. The average Bonchev–Trinajstić information content (AvgIpc) is 2.73. The van der Waals surface area contributed by atoms with Crippen LogP contribution in [0.25, 0.3) is 0 Å². The SMILES string of the molecule is CN1Sc2cc(Cl)ccc2C(NCCCCCCO)c2ccccc21. The molecule has 25 heavy (non-hydrogen) atoms. The summed E-state index contributed by atoms with van der Waals surface area (Å²) in [6.07, 6.45) is 4.24. The van der Waals surface area contributed by atoms with Crippen molar-refractivity contribution in [3.63, 3.8) is 0 Å². The molecule has 2 aromatic rings. The molecule has 0 spiro atoms. The molecule has 134 valence electrons. The lowest BCUT2D eigenvalue weighted by atomic mass is 9.96. The number of hydrogen-bond donors (Lipinski definition) is 2. The number of halogens is 1. The van der Waals surface area contributed by atoms with Gasteiger partial charge >= 0.3 is 0 Å². The fourth-order valence-electron chi connectivity index (χ4n) is 3.27. The van der Waals surface area contributed by atoms with Crippen molar-refractivity contribution < 1.29 is 5.11 Å².